The molecule has 1 heterocycles. The summed E-state index contributed by atoms with van der Waals surface area (Å²) >= 11 is 0. The van der Waals surface area contributed by atoms with E-state index in [4.69, 9.17) is 0 Å². The van der Waals surface area contributed by atoms with Crippen molar-refractivity contribution in [1.82, 2.24) is 14.5 Å². The summed E-state index contributed by atoms with van der Waals surface area (Å²) in [6.45, 7) is 4.43. The van der Waals surface area contributed by atoms with Gasteiger partial charge >= 0.3 is 0 Å². The smallest absolute Gasteiger partial charge is 0.223 e. The SMILES string of the molecule is Cc1ccc(CS(=O)(=O)N2CCC(C(=O)NCCCN(C)C)CC2)cc1. The Morgan fingerprint density at radius 1 is 1.19 bits per heavy atom. The summed E-state index contributed by atoms with van der Waals surface area (Å²) in [5, 5.41) is 2.97. The lowest BCUT2D eigenvalue weighted by Crippen LogP contribution is -2.43. The second-order valence-electron chi connectivity index (χ2n) is 7.36. The largest absolute Gasteiger partial charge is 0.356 e. The Labute approximate surface area is 157 Å². The summed E-state index contributed by atoms with van der Waals surface area (Å²) < 4.78 is 26.8. The van der Waals surface area contributed by atoms with Crippen molar-refractivity contribution < 1.29 is 13.2 Å². The monoisotopic (exact) mass is 381 g/mol. The van der Waals surface area contributed by atoms with Crippen molar-refractivity contribution in [2.75, 3.05) is 40.3 Å². The molecule has 1 aromatic carbocycles. The van der Waals surface area contributed by atoms with Gasteiger partial charge in [-0.3, -0.25) is 4.79 Å². The van der Waals surface area contributed by atoms with Crippen LogP contribution in [0, 0.1) is 12.8 Å². The van der Waals surface area contributed by atoms with Crippen LogP contribution in [0.25, 0.3) is 0 Å². The van der Waals surface area contributed by atoms with E-state index in [0.29, 0.717) is 32.5 Å². The summed E-state index contributed by atoms with van der Waals surface area (Å²) in [7, 11) is 0.684. The van der Waals surface area contributed by atoms with Crippen molar-refractivity contribution in [2.24, 2.45) is 5.92 Å². The van der Waals surface area contributed by atoms with Gasteiger partial charge in [0.25, 0.3) is 0 Å². The number of carbonyl (C=O) groups is 1. The van der Waals surface area contributed by atoms with Crippen LogP contribution in [0.5, 0.6) is 0 Å². The van der Waals surface area contributed by atoms with Crippen molar-refractivity contribution in [3.63, 3.8) is 0 Å². The van der Waals surface area contributed by atoms with E-state index in [-0.39, 0.29) is 17.6 Å². The van der Waals surface area contributed by atoms with Crippen molar-refractivity contribution in [1.29, 1.82) is 0 Å². The number of aryl methyl sites for hydroxylation is 1. The third kappa shape index (κ3) is 6.37. The minimum absolute atomic E-state index is 0.0225. The Hall–Kier alpha value is -1.44. The normalized spacial score (nSPS) is 16.8. The van der Waals surface area contributed by atoms with E-state index in [1.165, 1.54) is 4.31 Å². The predicted molar refractivity (Wildman–Crippen MR) is 104 cm³/mol. The lowest BCUT2D eigenvalue weighted by molar-refractivity contribution is -0.126. The van der Waals surface area contributed by atoms with Gasteiger partial charge in [0, 0.05) is 25.6 Å². The van der Waals surface area contributed by atoms with Crippen LogP contribution in [0.15, 0.2) is 24.3 Å². The molecule has 0 saturated carbocycles. The fourth-order valence-electron chi connectivity index (χ4n) is 3.13. The number of sulfonamides is 1. The zero-order valence-corrected chi connectivity index (χ0v) is 16.9. The highest BCUT2D eigenvalue weighted by molar-refractivity contribution is 7.88. The maximum Gasteiger partial charge on any atom is 0.223 e. The summed E-state index contributed by atoms with van der Waals surface area (Å²) in [5.74, 6) is -0.00572. The second kappa shape index (κ2) is 9.48. The van der Waals surface area contributed by atoms with Crippen LogP contribution in [0.3, 0.4) is 0 Å². The molecule has 0 aliphatic carbocycles. The van der Waals surface area contributed by atoms with Gasteiger partial charge in [0.05, 0.1) is 5.75 Å². The third-order valence-electron chi connectivity index (χ3n) is 4.77. The minimum atomic E-state index is -3.33. The number of nitrogens with one attached hydrogen (secondary N) is 1. The van der Waals surface area contributed by atoms with Gasteiger partial charge in [0.1, 0.15) is 0 Å². The maximum atomic E-state index is 12.6. The van der Waals surface area contributed by atoms with Gasteiger partial charge in [0.2, 0.25) is 15.9 Å². The number of benzene rings is 1. The van der Waals surface area contributed by atoms with Crippen LogP contribution in [0.1, 0.15) is 30.4 Å². The average molecular weight is 382 g/mol. The molecule has 1 saturated heterocycles. The molecular weight excluding hydrogens is 350 g/mol. The molecule has 7 heteroatoms. The molecule has 0 atom stereocenters. The molecule has 0 spiro atoms. The lowest BCUT2D eigenvalue weighted by atomic mass is 9.97. The maximum absolute atomic E-state index is 12.6. The van der Waals surface area contributed by atoms with Crippen molar-refractivity contribution in [3.8, 4) is 0 Å². The van der Waals surface area contributed by atoms with Gasteiger partial charge in [0.15, 0.2) is 0 Å². The van der Waals surface area contributed by atoms with Gasteiger partial charge in [-0.1, -0.05) is 29.8 Å². The van der Waals surface area contributed by atoms with Crippen molar-refractivity contribution in [3.05, 3.63) is 35.4 Å². The number of hydrogen-bond acceptors (Lipinski definition) is 4. The van der Waals surface area contributed by atoms with Crippen LogP contribution in [-0.2, 0) is 20.6 Å². The highest BCUT2D eigenvalue weighted by Crippen LogP contribution is 2.22. The fraction of sp³-hybridized carbons (Fsp3) is 0.632. The molecule has 0 aromatic heterocycles. The van der Waals surface area contributed by atoms with E-state index in [2.05, 4.69) is 10.2 Å². The molecule has 1 aromatic rings. The molecule has 146 valence electrons. The standard InChI is InChI=1S/C19H31N3O3S/c1-16-5-7-17(8-6-16)15-26(24,25)22-13-9-18(10-14-22)19(23)20-11-4-12-21(2)3/h5-8,18H,4,9-15H2,1-3H3,(H,20,23). The summed E-state index contributed by atoms with van der Waals surface area (Å²) in [6.07, 6.45) is 2.10. The van der Waals surface area contributed by atoms with Crippen molar-refractivity contribution >= 4 is 15.9 Å². The zero-order chi connectivity index (χ0) is 19.2. The van der Waals surface area contributed by atoms with E-state index in [9.17, 15) is 13.2 Å². The number of piperidine rings is 1. The molecule has 6 nitrogen and oxygen atoms in total. The number of nitrogens with zero attached hydrogens (tertiary/aromatic N) is 2. The summed E-state index contributed by atoms with van der Waals surface area (Å²) in [6, 6.07) is 7.58. The van der Waals surface area contributed by atoms with Crippen LogP contribution in [0.4, 0.5) is 0 Å². The Morgan fingerprint density at radius 2 is 1.81 bits per heavy atom. The number of carbonyl (C=O) groups excluding carboxylic acids is 1. The van der Waals surface area contributed by atoms with Gasteiger partial charge < -0.3 is 10.2 Å². The molecule has 2 rings (SSSR count). The molecule has 1 fully saturated rings. The van der Waals surface area contributed by atoms with Gasteiger partial charge in [-0.25, -0.2) is 12.7 Å². The first-order valence-corrected chi connectivity index (χ1v) is 10.8. The molecule has 26 heavy (non-hydrogen) atoms. The first kappa shape index (κ1) is 20.9. The van der Waals surface area contributed by atoms with Crippen LogP contribution in [-0.4, -0.2) is 63.8 Å². The third-order valence-corrected chi connectivity index (χ3v) is 6.62. The number of rotatable bonds is 8. The molecule has 1 aliphatic heterocycles. The highest BCUT2D eigenvalue weighted by atomic mass is 32.2. The molecular formula is C19H31N3O3S. The zero-order valence-electron chi connectivity index (χ0n) is 16.1. The molecule has 0 bridgehead atoms. The fourth-order valence-corrected chi connectivity index (χ4v) is 4.70. The molecule has 1 aliphatic rings. The molecule has 1 N–H and O–H groups in total. The van der Waals surface area contributed by atoms with E-state index in [1.54, 1.807) is 0 Å². The van der Waals surface area contributed by atoms with Crippen LogP contribution >= 0.6 is 0 Å². The highest BCUT2D eigenvalue weighted by Gasteiger charge is 2.30. The van der Waals surface area contributed by atoms with E-state index in [1.807, 2.05) is 45.3 Å². The quantitative estimate of drug-likeness (QED) is 0.695. The lowest BCUT2D eigenvalue weighted by Gasteiger charge is -2.30. The number of amides is 1. The predicted octanol–water partition coefficient (Wildman–Crippen LogP) is 1.60. The number of hydrogen-bond donors (Lipinski definition) is 1. The Bertz CT molecular complexity index is 678. The van der Waals surface area contributed by atoms with E-state index >= 15 is 0 Å². The molecule has 1 amide bonds. The topological polar surface area (TPSA) is 69.7 Å². The summed E-state index contributed by atoms with van der Waals surface area (Å²) in [4.78, 5) is 14.3. The Balaban J connectivity index is 1.79. The van der Waals surface area contributed by atoms with Crippen LogP contribution in [0.2, 0.25) is 0 Å². The molecule has 0 radical (unpaired) electrons. The van der Waals surface area contributed by atoms with Gasteiger partial charge in [-0.15, -0.1) is 0 Å². The first-order valence-electron chi connectivity index (χ1n) is 9.24. The van der Waals surface area contributed by atoms with Gasteiger partial charge in [-0.2, -0.15) is 0 Å². The van der Waals surface area contributed by atoms with Crippen LogP contribution < -0.4 is 5.32 Å². The summed E-state index contributed by atoms with van der Waals surface area (Å²) in [5.41, 5.74) is 1.92. The Morgan fingerprint density at radius 3 is 2.38 bits per heavy atom. The second-order valence-corrected chi connectivity index (χ2v) is 9.33. The van der Waals surface area contributed by atoms with Gasteiger partial charge in [-0.05, 0) is 52.4 Å². The van der Waals surface area contributed by atoms with E-state index < -0.39 is 10.0 Å². The Kier molecular flexibility index (Phi) is 7.61. The molecule has 0 unspecified atom stereocenters. The average Bonchev–Trinajstić information content (AvgIpc) is 2.60. The first-order chi connectivity index (χ1) is 12.3. The van der Waals surface area contributed by atoms with Crippen molar-refractivity contribution in [2.45, 2.75) is 31.9 Å². The minimum Gasteiger partial charge on any atom is -0.356 e. The van der Waals surface area contributed by atoms with E-state index in [0.717, 1.165) is 24.1 Å².